The largest absolute Gasteiger partial charge is 0.505 e. The van der Waals surface area contributed by atoms with Crippen molar-refractivity contribution in [1.82, 2.24) is 30.0 Å². The summed E-state index contributed by atoms with van der Waals surface area (Å²) < 4.78 is 0. The summed E-state index contributed by atoms with van der Waals surface area (Å²) in [7, 11) is 0. The summed E-state index contributed by atoms with van der Waals surface area (Å²) >= 11 is 0. The van der Waals surface area contributed by atoms with Crippen molar-refractivity contribution in [1.29, 1.82) is 0 Å². The molecule has 2 N–H and O–H groups in total. The number of hydrogen-bond acceptors (Lipinski definition) is 6. The van der Waals surface area contributed by atoms with Crippen molar-refractivity contribution in [3.05, 3.63) is 107 Å². The molecule has 8 nitrogen and oxygen atoms in total. The lowest BCUT2D eigenvalue weighted by molar-refractivity contribution is 0.463. The normalized spacial score (nSPS) is 11.5. The van der Waals surface area contributed by atoms with Gasteiger partial charge in [0.2, 0.25) is 0 Å². The van der Waals surface area contributed by atoms with Gasteiger partial charge in [-0.15, -0.1) is 30.0 Å². The molecule has 0 amide bonds. The first-order valence-corrected chi connectivity index (χ1v) is 13.7. The van der Waals surface area contributed by atoms with Crippen molar-refractivity contribution in [2.45, 2.75) is 27.7 Å². The number of aromatic nitrogens is 6. The zero-order chi connectivity index (χ0) is 29.1. The highest BCUT2D eigenvalue weighted by Gasteiger charge is 2.19. The lowest BCUT2D eigenvalue weighted by Crippen LogP contribution is -2.00. The van der Waals surface area contributed by atoms with Gasteiger partial charge in [0.1, 0.15) is 44.9 Å². The topological polar surface area (TPSA) is 102 Å². The Balaban J connectivity index is 1.41. The zero-order valence-electron chi connectivity index (χ0n) is 23.7. The lowest BCUT2D eigenvalue weighted by Gasteiger charge is -2.11. The second kappa shape index (κ2) is 9.55. The number of phenols is 2. The summed E-state index contributed by atoms with van der Waals surface area (Å²) in [6, 6.07) is 27.6. The first kappa shape index (κ1) is 25.5. The van der Waals surface area contributed by atoms with Crippen molar-refractivity contribution in [3.63, 3.8) is 0 Å². The molecule has 0 aliphatic heterocycles. The van der Waals surface area contributed by atoms with Gasteiger partial charge in [0.15, 0.2) is 0 Å². The summed E-state index contributed by atoms with van der Waals surface area (Å²) in [4.78, 5) is 3.02. The fraction of sp³-hybridized carbons (Fsp3) is 0.118. The van der Waals surface area contributed by atoms with Gasteiger partial charge in [-0.05, 0) is 85.3 Å². The minimum absolute atomic E-state index is 0.160. The molecule has 5 aromatic carbocycles. The highest BCUT2D eigenvalue weighted by atomic mass is 16.3. The molecule has 0 fully saturated rings. The van der Waals surface area contributed by atoms with Gasteiger partial charge in [-0.1, -0.05) is 60.7 Å². The van der Waals surface area contributed by atoms with Gasteiger partial charge in [-0.3, -0.25) is 0 Å². The third kappa shape index (κ3) is 4.07. The smallest absolute Gasteiger partial charge is 0.146 e. The Bertz CT molecular complexity index is 2020. The van der Waals surface area contributed by atoms with E-state index in [0.717, 1.165) is 66.6 Å². The van der Waals surface area contributed by atoms with E-state index in [9.17, 15) is 10.2 Å². The fourth-order valence-corrected chi connectivity index (χ4v) is 5.66. The highest BCUT2D eigenvalue weighted by Crippen LogP contribution is 2.38. The summed E-state index contributed by atoms with van der Waals surface area (Å²) in [5.41, 5.74) is 11.3. The van der Waals surface area contributed by atoms with Gasteiger partial charge in [0.25, 0.3) is 0 Å². The van der Waals surface area contributed by atoms with Gasteiger partial charge < -0.3 is 10.2 Å². The van der Waals surface area contributed by atoms with Gasteiger partial charge in [0.05, 0.1) is 0 Å². The zero-order valence-corrected chi connectivity index (χ0v) is 23.7. The molecule has 7 rings (SSSR count). The second-order valence-corrected chi connectivity index (χ2v) is 10.8. The summed E-state index contributed by atoms with van der Waals surface area (Å²) in [6.45, 7) is 7.71. The van der Waals surface area contributed by atoms with Crippen LogP contribution in [0, 0.1) is 27.7 Å². The molecule has 0 aliphatic rings. The fourth-order valence-electron chi connectivity index (χ4n) is 5.66. The minimum Gasteiger partial charge on any atom is -0.505 e. The standard InChI is InChI=1S/C34H28N6O2/c1-19-15-21(3)33(41)29(17-19)39-35-27-13-7-11-25(31(27)37-39)23-9-5-6-10-24(23)26-12-8-14-28-32(26)38-40(36-28)30-18-20(2)16-22(4)34(30)42/h5-18,41-42H,1-4H3. The van der Waals surface area contributed by atoms with Crippen LogP contribution in [0.5, 0.6) is 11.5 Å². The Morgan fingerprint density at radius 2 is 0.881 bits per heavy atom. The van der Waals surface area contributed by atoms with Crippen LogP contribution in [0.1, 0.15) is 22.3 Å². The monoisotopic (exact) mass is 552 g/mol. The molecule has 42 heavy (non-hydrogen) atoms. The molecule has 2 heterocycles. The summed E-state index contributed by atoms with van der Waals surface area (Å²) in [5, 5.41) is 40.7. The molecule has 2 aromatic heterocycles. The molecule has 0 radical (unpaired) electrons. The van der Waals surface area contributed by atoms with E-state index < -0.39 is 0 Å². The van der Waals surface area contributed by atoms with Crippen LogP contribution < -0.4 is 0 Å². The number of phenolic OH excluding ortho intramolecular Hbond substituents is 2. The first-order valence-electron chi connectivity index (χ1n) is 13.7. The van der Waals surface area contributed by atoms with Crippen LogP contribution in [-0.2, 0) is 0 Å². The summed E-state index contributed by atoms with van der Waals surface area (Å²) in [6.07, 6.45) is 0. The molecule has 0 saturated carbocycles. The molecular formula is C34H28N6O2. The molecule has 0 unspecified atom stereocenters. The van der Waals surface area contributed by atoms with Gasteiger partial charge in [-0.25, -0.2) is 0 Å². The van der Waals surface area contributed by atoms with E-state index >= 15 is 0 Å². The van der Waals surface area contributed by atoms with Crippen molar-refractivity contribution >= 4 is 22.1 Å². The van der Waals surface area contributed by atoms with E-state index in [1.165, 1.54) is 9.59 Å². The Kier molecular flexibility index (Phi) is 5.79. The molecule has 0 aliphatic carbocycles. The Morgan fingerprint density at radius 3 is 1.31 bits per heavy atom. The molecule has 206 valence electrons. The van der Waals surface area contributed by atoms with Crippen molar-refractivity contribution in [3.8, 4) is 45.1 Å². The predicted molar refractivity (Wildman–Crippen MR) is 164 cm³/mol. The number of nitrogens with zero attached hydrogens (tertiary/aromatic N) is 6. The van der Waals surface area contributed by atoms with E-state index in [2.05, 4.69) is 12.1 Å². The van der Waals surface area contributed by atoms with Gasteiger partial charge in [0, 0.05) is 11.1 Å². The SMILES string of the molecule is Cc1cc(C)c(O)c(-n2nc3cccc(-c4ccccc4-c4cccc5nn(-c6cc(C)cc(C)c6O)nc45)c3n2)c1. The Labute approximate surface area is 242 Å². The molecular weight excluding hydrogens is 524 g/mol. The van der Waals surface area contributed by atoms with E-state index in [4.69, 9.17) is 20.4 Å². The lowest BCUT2D eigenvalue weighted by atomic mass is 9.93. The van der Waals surface area contributed by atoms with Crippen LogP contribution in [0.25, 0.3) is 55.7 Å². The number of benzene rings is 5. The highest BCUT2D eigenvalue weighted by molar-refractivity contribution is 6.01. The Morgan fingerprint density at radius 1 is 0.476 bits per heavy atom. The minimum atomic E-state index is 0.160. The number of fused-ring (bicyclic) bond motifs is 2. The van der Waals surface area contributed by atoms with Crippen LogP contribution >= 0.6 is 0 Å². The molecule has 8 heteroatoms. The van der Waals surface area contributed by atoms with E-state index in [0.29, 0.717) is 11.4 Å². The molecule has 0 atom stereocenters. The third-order valence-corrected chi connectivity index (χ3v) is 7.61. The van der Waals surface area contributed by atoms with E-state index in [1.54, 1.807) is 0 Å². The molecule has 0 bridgehead atoms. The van der Waals surface area contributed by atoms with E-state index in [1.807, 2.05) is 100 Å². The van der Waals surface area contributed by atoms with Crippen LogP contribution in [-0.4, -0.2) is 40.2 Å². The number of aromatic hydroxyl groups is 2. The average molecular weight is 553 g/mol. The van der Waals surface area contributed by atoms with Gasteiger partial charge in [-0.2, -0.15) is 0 Å². The van der Waals surface area contributed by atoms with Crippen LogP contribution in [0.15, 0.2) is 84.9 Å². The average Bonchev–Trinajstić information content (AvgIpc) is 3.61. The molecule has 0 saturated heterocycles. The first-order chi connectivity index (χ1) is 20.3. The Hall–Kier alpha value is -5.50. The van der Waals surface area contributed by atoms with Crippen LogP contribution in [0.2, 0.25) is 0 Å². The molecule has 0 spiro atoms. The maximum Gasteiger partial charge on any atom is 0.146 e. The predicted octanol–water partition coefficient (Wildman–Crippen LogP) is 7.13. The number of rotatable bonds is 4. The summed E-state index contributed by atoms with van der Waals surface area (Å²) in [5.74, 6) is 0.319. The van der Waals surface area contributed by atoms with Crippen LogP contribution in [0.4, 0.5) is 0 Å². The van der Waals surface area contributed by atoms with Crippen LogP contribution in [0.3, 0.4) is 0 Å². The van der Waals surface area contributed by atoms with Crippen molar-refractivity contribution in [2.24, 2.45) is 0 Å². The number of aryl methyl sites for hydroxylation is 4. The third-order valence-electron chi connectivity index (χ3n) is 7.61. The molecule has 7 aromatic rings. The maximum atomic E-state index is 10.8. The quantitative estimate of drug-likeness (QED) is 0.241. The van der Waals surface area contributed by atoms with Crippen molar-refractivity contribution < 1.29 is 10.2 Å². The maximum absolute atomic E-state index is 10.8. The van der Waals surface area contributed by atoms with E-state index in [-0.39, 0.29) is 11.5 Å². The second-order valence-electron chi connectivity index (χ2n) is 10.8. The number of hydrogen-bond donors (Lipinski definition) is 2. The van der Waals surface area contributed by atoms with Gasteiger partial charge >= 0.3 is 0 Å². The van der Waals surface area contributed by atoms with Crippen molar-refractivity contribution in [2.75, 3.05) is 0 Å².